The quantitative estimate of drug-likeness (QED) is 0.578. The van der Waals surface area contributed by atoms with Gasteiger partial charge in [0, 0.05) is 13.2 Å². The summed E-state index contributed by atoms with van der Waals surface area (Å²) < 4.78 is 5.55. The molecule has 16 heavy (non-hydrogen) atoms. The highest BCUT2D eigenvalue weighted by Gasteiger charge is 2.08. The Bertz CT molecular complexity index is 140. The summed E-state index contributed by atoms with van der Waals surface area (Å²) in [5, 5.41) is 3.42. The number of ether oxygens (including phenoxy) is 1. The fourth-order valence-electron chi connectivity index (χ4n) is 1.47. The van der Waals surface area contributed by atoms with Gasteiger partial charge in [-0.15, -0.1) is 0 Å². The van der Waals surface area contributed by atoms with Gasteiger partial charge in [-0.05, 0) is 24.8 Å². The zero-order valence-corrected chi connectivity index (χ0v) is 11.8. The first-order valence-electron chi connectivity index (χ1n) is 6.85. The van der Waals surface area contributed by atoms with E-state index in [1.54, 1.807) is 0 Å². The summed E-state index contributed by atoms with van der Waals surface area (Å²) in [4.78, 5) is 0. The molecule has 0 aliphatic carbocycles. The van der Waals surface area contributed by atoms with Crippen LogP contribution in [0.1, 0.15) is 59.8 Å². The van der Waals surface area contributed by atoms with Crippen molar-refractivity contribution >= 4 is 0 Å². The van der Waals surface area contributed by atoms with Crippen LogP contribution in [0, 0.1) is 5.41 Å². The van der Waals surface area contributed by atoms with Crippen LogP contribution in [0.15, 0.2) is 0 Å². The van der Waals surface area contributed by atoms with E-state index in [0.29, 0.717) is 5.41 Å². The Labute approximate surface area is 102 Å². The number of hydrogen-bond donors (Lipinski definition) is 1. The Morgan fingerprint density at radius 3 is 2.31 bits per heavy atom. The van der Waals surface area contributed by atoms with E-state index in [4.69, 9.17) is 4.74 Å². The molecular formula is C14H31NO. The van der Waals surface area contributed by atoms with Gasteiger partial charge >= 0.3 is 0 Å². The SMILES string of the molecule is CCCCCCOCCNCCC(C)(C)C. The molecule has 2 nitrogen and oxygen atoms in total. The first kappa shape index (κ1) is 15.9. The van der Waals surface area contributed by atoms with Crippen molar-refractivity contribution in [1.82, 2.24) is 5.32 Å². The zero-order valence-electron chi connectivity index (χ0n) is 11.8. The van der Waals surface area contributed by atoms with E-state index in [2.05, 4.69) is 33.0 Å². The van der Waals surface area contributed by atoms with E-state index >= 15 is 0 Å². The van der Waals surface area contributed by atoms with Crippen LogP contribution in [-0.4, -0.2) is 26.3 Å². The summed E-state index contributed by atoms with van der Waals surface area (Å²) >= 11 is 0. The molecule has 0 saturated heterocycles. The summed E-state index contributed by atoms with van der Waals surface area (Å²) in [7, 11) is 0. The minimum absolute atomic E-state index is 0.439. The van der Waals surface area contributed by atoms with Gasteiger partial charge in [-0.25, -0.2) is 0 Å². The van der Waals surface area contributed by atoms with Gasteiger partial charge in [-0.2, -0.15) is 0 Å². The highest BCUT2D eigenvalue weighted by molar-refractivity contribution is 4.62. The number of rotatable bonds is 10. The highest BCUT2D eigenvalue weighted by atomic mass is 16.5. The fraction of sp³-hybridized carbons (Fsp3) is 1.00. The Hall–Kier alpha value is -0.0800. The predicted octanol–water partition coefficient (Wildman–Crippen LogP) is 3.61. The van der Waals surface area contributed by atoms with Crippen molar-refractivity contribution in [3.05, 3.63) is 0 Å². The molecule has 0 rings (SSSR count). The molecule has 0 atom stereocenters. The van der Waals surface area contributed by atoms with Crippen LogP contribution in [0.5, 0.6) is 0 Å². The van der Waals surface area contributed by atoms with Crippen LogP contribution in [0.2, 0.25) is 0 Å². The Morgan fingerprint density at radius 2 is 1.69 bits per heavy atom. The maximum absolute atomic E-state index is 5.55. The lowest BCUT2D eigenvalue weighted by molar-refractivity contribution is 0.131. The van der Waals surface area contributed by atoms with Gasteiger partial charge in [0.15, 0.2) is 0 Å². The van der Waals surface area contributed by atoms with Crippen molar-refractivity contribution in [3.63, 3.8) is 0 Å². The van der Waals surface area contributed by atoms with E-state index < -0.39 is 0 Å². The second kappa shape index (κ2) is 10.1. The van der Waals surface area contributed by atoms with Crippen LogP contribution >= 0.6 is 0 Å². The summed E-state index contributed by atoms with van der Waals surface area (Å²) in [6, 6.07) is 0. The van der Waals surface area contributed by atoms with Crippen LogP contribution in [0.3, 0.4) is 0 Å². The molecule has 0 heterocycles. The Kier molecular flexibility index (Phi) is 10.0. The molecule has 0 unspecified atom stereocenters. The third kappa shape index (κ3) is 13.9. The number of unbranched alkanes of at least 4 members (excludes halogenated alkanes) is 3. The molecule has 0 fully saturated rings. The molecule has 0 aliphatic rings. The van der Waals surface area contributed by atoms with Crippen molar-refractivity contribution in [3.8, 4) is 0 Å². The lowest BCUT2D eigenvalue weighted by atomic mass is 9.92. The standard InChI is InChI=1S/C14H31NO/c1-5-6-7-8-12-16-13-11-15-10-9-14(2,3)4/h15H,5-13H2,1-4H3. The monoisotopic (exact) mass is 229 g/mol. The maximum Gasteiger partial charge on any atom is 0.0590 e. The average Bonchev–Trinajstić information content (AvgIpc) is 2.19. The van der Waals surface area contributed by atoms with Crippen molar-refractivity contribution in [2.75, 3.05) is 26.3 Å². The molecular weight excluding hydrogens is 198 g/mol. The highest BCUT2D eigenvalue weighted by Crippen LogP contribution is 2.16. The lowest BCUT2D eigenvalue weighted by Gasteiger charge is -2.18. The van der Waals surface area contributed by atoms with Crippen LogP contribution < -0.4 is 5.32 Å². The summed E-state index contributed by atoms with van der Waals surface area (Å²) in [6.07, 6.45) is 6.40. The van der Waals surface area contributed by atoms with E-state index in [9.17, 15) is 0 Å². The topological polar surface area (TPSA) is 21.3 Å². The largest absolute Gasteiger partial charge is 0.380 e. The third-order valence-electron chi connectivity index (χ3n) is 2.62. The molecule has 0 bridgehead atoms. The predicted molar refractivity (Wildman–Crippen MR) is 71.9 cm³/mol. The second-order valence-electron chi connectivity index (χ2n) is 5.73. The Morgan fingerprint density at radius 1 is 0.938 bits per heavy atom. The summed E-state index contributed by atoms with van der Waals surface area (Å²) in [5.41, 5.74) is 0.439. The lowest BCUT2D eigenvalue weighted by Crippen LogP contribution is -2.24. The van der Waals surface area contributed by atoms with Gasteiger partial charge in [0.25, 0.3) is 0 Å². The van der Waals surface area contributed by atoms with Gasteiger partial charge < -0.3 is 10.1 Å². The molecule has 0 aliphatic heterocycles. The molecule has 0 spiro atoms. The first-order chi connectivity index (χ1) is 7.56. The third-order valence-corrected chi connectivity index (χ3v) is 2.62. The second-order valence-corrected chi connectivity index (χ2v) is 5.73. The fourth-order valence-corrected chi connectivity index (χ4v) is 1.47. The first-order valence-corrected chi connectivity index (χ1v) is 6.85. The van der Waals surface area contributed by atoms with Crippen LogP contribution in [-0.2, 0) is 4.74 Å². The minimum atomic E-state index is 0.439. The minimum Gasteiger partial charge on any atom is -0.380 e. The van der Waals surface area contributed by atoms with Crippen molar-refractivity contribution in [2.24, 2.45) is 5.41 Å². The summed E-state index contributed by atoms with van der Waals surface area (Å²) in [6.45, 7) is 12.9. The van der Waals surface area contributed by atoms with Gasteiger partial charge in [0.05, 0.1) is 6.61 Å². The molecule has 98 valence electrons. The van der Waals surface area contributed by atoms with Gasteiger partial charge in [0.2, 0.25) is 0 Å². The normalized spacial score (nSPS) is 12.0. The van der Waals surface area contributed by atoms with Gasteiger partial charge in [0.1, 0.15) is 0 Å². The van der Waals surface area contributed by atoms with Gasteiger partial charge in [-0.1, -0.05) is 47.0 Å². The number of nitrogens with one attached hydrogen (secondary N) is 1. The van der Waals surface area contributed by atoms with E-state index in [1.165, 1.54) is 32.1 Å². The van der Waals surface area contributed by atoms with E-state index in [0.717, 1.165) is 26.3 Å². The smallest absolute Gasteiger partial charge is 0.0590 e. The van der Waals surface area contributed by atoms with E-state index in [1.807, 2.05) is 0 Å². The van der Waals surface area contributed by atoms with Crippen LogP contribution in [0.4, 0.5) is 0 Å². The van der Waals surface area contributed by atoms with Crippen molar-refractivity contribution < 1.29 is 4.74 Å². The molecule has 1 N–H and O–H groups in total. The average molecular weight is 229 g/mol. The zero-order chi connectivity index (χ0) is 12.3. The molecule has 0 saturated carbocycles. The Balaban J connectivity index is 2.99. The molecule has 2 heteroatoms. The van der Waals surface area contributed by atoms with Crippen molar-refractivity contribution in [2.45, 2.75) is 59.8 Å². The molecule has 0 aromatic rings. The summed E-state index contributed by atoms with van der Waals surface area (Å²) in [5.74, 6) is 0. The maximum atomic E-state index is 5.55. The van der Waals surface area contributed by atoms with Gasteiger partial charge in [-0.3, -0.25) is 0 Å². The molecule has 0 amide bonds. The molecule has 0 aromatic heterocycles. The van der Waals surface area contributed by atoms with E-state index in [-0.39, 0.29) is 0 Å². The van der Waals surface area contributed by atoms with Crippen molar-refractivity contribution in [1.29, 1.82) is 0 Å². The molecule has 0 aromatic carbocycles. The molecule has 0 radical (unpaired) electrons. The van der Waals surface area contributed by atoms with Crippen LogP contribution in [0.25, 0.3) is 0 Å². The number of hydrogen-bond acceptors (Lipinski definition) is 2.